The van der Waals surface area contributed by atoms with Gasteiger partial charge in [0.2, 0.25) is 0 Å². The van der Waals surface area contributed by atoms with Gasteiger partial charge in [0.1, 0.15) is 23.5 Å². The van der Waals surface area contributed by atoms with Crippen molar-refractivity contribution in [1.82, 2.24) is 0 Å². The summed E-state index contributed by atoms with van der Waals surface area (Å²) in [6, 6.07) is 6.55. The molecule has 0 fully saturated rings. The van der Waals surface area contributed by atoms with E-state index in [0.29, 0.717) is 11.3 Å². The molecule has 0 saturated heterocycles. The summed E-state index contributed by atoms with van der Waals surface area (Å²) in [6.45, 7) is 3.62. The number of hydrogen-bond donors (Lipinski definition) is 1. The van der Waals surface area contributed by atoms with E-state index in [9.17, 15) is 13.9 Å². The molecule has 0 saturated carbocycles. The molecule has 2 nitrogen and oxygen atoms in total. The summed E-state index contributed by atoms with van der Waals surface area (Å²) in [7, 11) is 1.56. The van der Waals surface area contributed by atoms with Crippen molar-refractivity contribution in [2.75, 3.05) is 7.11 Å². The van der Waals surface area contributed by atoms with E-state index in [0.717, 1.165) is 29.3 Å². The van der Waals surface area contributed by atoms with Crippen LogP contribution in [-0.2, 0) is 0 Å². The van der Waals surface area contributed by atoms with Gasteiger partial charge in [0.15, 0.2) is 0 Å². The van der Waals surface area contributed by atoms with E-state index in [1.807, 2.05) is 6.92 Å². The lowest BCUT2D eigenvalue weighted by Gasteiger charge is -2.17. The fraction of sp³-hybridized carbons (Fsp3) is 0.250. The number of ether oxygens (including phenoxy) is 1. The van der Waals surface area contributed by atoms with Crippen molar-refractivity contribution in [1.29, 1.82) is 0 Å². The van der Waals surface area contributed by atoms with Crippen LogP contribution in [0.4, 0.5) is 8.78 Å². The van der Waals surface area contributed by atoms with E-state index >= 15 is 0 Å². The molecule has 4 heteroatoms. The van der Waals surface area contributed by atoms with E-state index in [2.05, 4.69) is 0 Å². The molecule has 2 aromatic carbocycles. The molecule has 0 amide bonds. The average Bonchev–Trinajstić information content (AvgIpc) is 2.42. The van der Waals surface area contributed by atoms with Crippen LogP contribution in [-0.4, -0.2) is 12.2 Å². The lowest BCUT2D eigenvalue weighted by Crippen LogP contribution is -2.06. The molecule has 2 aromatic rings. The van der Waals surface area contributed by atoms with Crippen LogP contribution in [0, 0.1) is 25.5 Å². The molecule has 1 atom stereocenters. The normalized spacial score (nSPS) is 12.3. The van der Waals surface area contributed by atoms with Crippen molar-refractivity contribution >= 4 is 0 Å². The van der Waals surface area contributed by atoms with Gasteiger partial charge < -0.3 is 9.84 Å². The zero-order valence-electron chi connectivity index (χ0n) is 11.6. The van der Waals surface area contributed by atoms with Crippen molar-refractivity contribution < 1.29 is 18.6 Å². The first kappa shape index (κ1) is 14.5. The van der Waals surface area contributed by atoms with Gasteiger partial charge in [-0.25, -0.2) is 8.78 Å². The first-order chi connectivity index (χ1) is 9.43. The summed E-state index contributed by atoms with van der Waals surface area (Å²) in [5, 5.41) is 10.3. The van der Waals surface area contributed by atoms with Gasteiger partial charge in [-0.2, -0.15) is 0 Å². The minimum Gasteiger partial charge on any atom is -0.496 e. The zero-order chi connectivity index (χ0) is 14.9. The van der Waals surface area contributed by atoms with Crippen molar-refractivity contribution in [2.45, 2.75) is 20.0 Å². The fourth-order valence-electron chi connectivity index (χ4n) is 2.22. The number of aryl methyl sites for hydroxylation is 2. The highest BCUT2D eigenvalue weighted by Gasteiger charge is 2.19. The lowest BCUT2D eigenvalue weighted by atomic mass is 9.95. The van der Waals surface area contributed by atoms with Gasteiger partial charge in [0, 0.05) is 5.56 Å². The SMILES string of the molecule is COc1cc(C)c(C(O)c2cc(F)ccc2F)cc1C. The maximum Gasteiger partial charge on any atom is 0.129 e. The summed E-state index contributed by atoms with van der Waals surface area (Å²) in [6.07, 6.45) is -1.21. The van der Waals surface area contributed by atoms with Gasteiger partial charge in [0.05, 0.1) is 7.11 Å². The third-order valence-electron chi connectivity index (χ3n) is 3.33. The molecule has 0 aliphatic carbocycles. The van der Waals surface area contributed by atoms with Crippen LogP contribution in [0.25, 0.3) is 0 Å². The smallest absolute Gasteiger partial charge is 0.129 e. The third-order valence-corrected chi connectivity index (χ3v) is 3.33. The standard InChI is InChI=1S/C16H16F2O2/c1-9-7-15(20-3)10(2)6-12(9)16(19)13-8-11(17)4-5-14(13)18/h4-8,16,19H,1-3H3. The summed E-state index contributed by atoms with van der Waals surface area (Å²) < 4.78 is 32.1. The molecule has 0 aliphatic heterocycles. The molecule has 0 aromatic heterocycles. The van der Waals surface area contributed by atoms with E-state index in [4.69, 9.17) is 4.74 Å². The van der Waals surface area contributed by atoms with E-state index in [-0.39, 0.29) is 5.56 Å². The Balaban J connectivity index is 2.50. The topological polar surface area (TPSA) is 29.5 Å². The number of methoxy groups -OCH3 is 1. The second-order valence-corrected chi connectivity index (χ2v) is 4.75. The minimum atomic E-state index is -1.21. The Morgan fingerprint density at radius 1 is 1.00 bits per heavy atom. The van der Waals surface area contributed by atoms with Crippen LogP contribution in [0.1, 0.15) is 28.4 Å². The quantitative estimate of drug-likeness (QED) is 0.928. The number of aliphatic hydroxyl groups excluding tert-OH is 1. The number of halogens is 2. The van der Waals surface area contributed by atoms with Gasteiger partial charge in [-0.3, -0.25) is 0 Å². The molecular formula is C16H16F2O2. The van der Waals surface area contributed by atoms with Crippen LogP contribution in [0.3, 0.4) is 0 Å². The van der Waals surface area contributed by atoms with Crippen LogP contribution >= 0.6 is 0 Å². The van der Waals surface area contributed by atoms with Crippen LogP contribution in [0.5, 0.6) is 5.75 Å². The highest BCUT2D eigenvalue weighted by molar-refractivity contribution is 5.45. The highest BCUT2D eigenvalue weighted by Crippen LogP contribution is 2.31. The van der Waals surface area contributed by atoms with Crippen molar-refractivity contribution in [3.8, 4) is 5.75 Å². The van der Waals surface area contributed by atoms with E-state index < -0.39 is 17.7 Å². The van der Waals surface area contributed by atoms with E-state index in [1.54, 1.807) is 26.2 Å². The van der Waals surface area contributed by atoms with Gasteiger partial charge in [-0.15, -0.1) is 0 Å². The Kier molecular flexibility index (Phi) is 4.04. The maximum absolute atomic E-state index is 13.7. The summed E-state index contributed by atoms with van der Waals surface area (Å²) in [5.74, 6) is -0.520. The Morgan fingerprint density at radius 2 is 1.70 bits per heavy atom. The Morgan fingerprint density at radius 3 is 2.35 bits per heavy atom. The van der Waals surface area contributed by atoms with Crippen LogP contribution in [0.2, 0.25) is 0 Å². The van der Waals surface area contributed by atoms with Gasteiger partial charge in [-0.05, 0) is 60.9 Å². The summed E-state index contributed by atoms with van der Waals surface area (Å²) in [4.78, 5) is 0. The Hall–Kier alpha value is -1.94. The molecule has 0 bridgehead atoms. The highest BCUT2D eigenvalue weighted by atomic mass is 19.1. The molecular weight excluding hydrogens is 262 g/mol. The van der Waals surface area contributed by atoms with E-state index in [1.165, 1.54) is 0 Å². The fourth-order valence-corrected chi connectivity index (χ4v) is 2.22. The summed E-state index contributed by atoms with van der Waals surface area (Å²) >= 11 is 0. The molecule has 0 spiro atoms. The van der Waals surface area contributed by atoms with Gasteiger partial charge >= 0.3 is 0 Å². The number of benzene rings is 2. The minimum absolute atomic E-state index is 0.0716. The van der Waals surface area contributed by atoms with Crippen LogP contribution in [0.15, 0.2) is 30.3 Å². The number of rotatable bonds is 3. The maximum atomic E-state index is 13.7. The predicted molar refractivity (Wildman–Crippen MR) is 72.9 cm³/mol. The second-order valence-electron chi connectivity index (χ2n) is 4.75. The van der Waals surface area contributed by atoms with Gasteiger partial charge in [0.25, 0.3) is 0 Å². The molecule has 0 radical (unpaired) electrons. The predicted octanol–water partition coefficient (Wildman–Crippen LogP) is 3.67. The van der Waals surface area contributed by atoms with Crippen LogP contribution < -0.4 is 4.74 Å². The monoisotopic (exact) mass is 278 g/mol. The molecule has 0 heterocycles. The molecule has 0 aliphatic rings. The van der Waals surface area contributed by atoms with Crippen molar-refractivity contribution in [3.05, 3.63) is 64.2 Å². The van der Waals surface area contributed by atoms with Gasteiger partial charge in [-0.1, -0.05) is 0 Å². The lowest BCUT2D eigenvalue weighted by molar-refractivity contribution is 0.213. The number of hydrogen-bond acceptors (Lipinski definition) is 2. The van der Waals surface area contributed by atoms with Crippen molar-refractivity contribution in [3.63, 3.8) is 0 Å². The average molecular weight is 278 g/mol. The Bertz CT molecular complexity index is 639. The largest absolute Gasteiger partial charge is 0.496 e. The Labute approximate surface area is 116 Å². The molecule has 1 N–H and O–H groups in total. The molecule has 2 rings (SSSR count). The first-order valence-corrected chi connectivity index (χ1v) is 6.22. The molecule has 106 valence electrons. The second kappa shape index (κ2) is 5.59. The third kappa shape index (κ3) is 2.65. The molecule has 20 heavy (non-hydrogen) atoms. The summed E-state index contributed by atoms with van der Waals surface area (Å²) in [5.41, 5.74) is 2.04. The first-order valence-electron chi connectivity index (χ1n) is 6.22. The molecule has 1 unspecified atom stereocenters. The number of aliphatic hydroxyl groups is 1. The van der Waals surface area contributed by atoms with Crippen molar-refractivity contribution in [2.24, 2.45) is 0 Å². The zero-order valence-corrected chi connectivity index (χ0v) is 11.6.